The first kappa shape index (κ1) is 13.4. The zero-order chi connectivity index (χ0) is 14.0. The van der Waals surface area contributed by atoms with Gasteiger partial charge in [0.15, 0.2) is 0 Å². The summed E-state index contributed by atoms with van der Waals surface area (Å²) in [6.45, 7) is 3.13. The molecule has 2 heterocycles. The van der Waals surface area contributed by atoms with Crippen LogP contribution < -0.4 is 5.32 Å². The number of carbonyl (C=O) groups excluding carboxylic acids is 1. The summed E-state index contributed by atoms with van der Waals surface area (Å²) in [6, 6.07) is 7.04. The molecule has 2 fully saturated rings. The number of ether oxygens (including phenoxy) is 1. The lowest BCUT2D eigenvalue weighted by molar-refractivity contribution is -0.161. The van der Waals surface area contributed by atoms with E-state index in [-0.39, 0.29) is 23.8 Å². The second-order valence-electron chi connectivity index (χ2n) is 5.64. The zero-order valence-corrected chi connectivity index (χ0v) is 11.5. The van der Waals surface area contributed by atoms with Crippen LogP contribution in [-0.2, 0) is 16.1 Å². The minimum absolute atomic E-state index is 0.0491. The molecule has 0 radical (unpaired) electrons. The molecule has 108 valence electrons. The summed E-state index contributed by atoms with van der Waals surface area (Å²) >= 11 is 0. The predicted octanol–water partition coefficient (Wildman–Crippen LogP) is 0.873. The molecule has 2 N–H and O–H groups in total. The molecule has 2 saturated heterocycles. The number of hydrogen-bond acceptors (Lipinski definition) is 4. The van der Waals surface area contributed by atoms with Crippen LogP contribution in [0, 0.1) is 0 Å². The van der Waals surface area contributed by atoms with E-state index < -0.39 is 0 Å². The van der Waals surface area contributed by atoms with Crippen LogP contribution in [0.25, 0.3) is 0 Å². The van der Waals surface area contributed by atoms with Crippen molar-refractivity contribution in [3.8, 4) is 5.75 Å². The number of hydrogen-bond donors (Lipinski definition) is 2. The molecule has 1 atom stereocenters. The molecule has 3 rings (SSSR count). The molecule has 20 heavy (non-hydrogen) atoms. The molecule has 1 spiro atoms. The fourth-order valence-corrected chi connectivity index (χ4v) is 3.09. The van der Waals surface area contributed by atoms with Gasteiger partial charge in [-0.25, -0.2) is 0 Å². The van der Waals surface area contributed by atoms with Gasteiger partial charge in [0, 0.05) is 13.1 Å². The van der Waals surface area contributed by atoms with Gasteiger partial charge in [0.2, 0.25) is 5.91 Å². The second-order valence-corrected chi connectivity index (χ2v) is 5.64. The Morgan fingerprint density at radius 3 is 2.85 bits per heavy atom. The molecule has 1 aromatic rings. The number of rotatable bonds is 2. The van der Waals surface area contributed by atoms with Gasteiger partial charge < -0.3 is 20.1 Å². The Labute approximate surface area is 118 Å². The first-order valence-electron chi connectivity index (χ1n) is 7.06. The van der Waals surface area contributed by atoms with Crippen molar-refractivity contribution in [3.05, 3.63) is 29.8 Å². The number of carbonyl (C=O) groups is 1. The SMILES string of the molecule is O=C1COCC2(CCCNC2)N1Cc1ccc(O)cc1. The van der Waals surface area contributed by atoms with E-state index in [1.165, 1.54) is 0 Å². The highest BCUT2D eigenvalue weighted by atomic mass is 16.5. The maximum absolute atomic E-state index is 12.3. The van der Waals surface area contributed by atoms with Gasteiger partial charge in [-0.2, -0.15) is 0 Å². The lowest BCUT2D eigenvalue weighted by Crippen LogP contribution is -2.65. The third kappa shape index (κ3) is 2.51. The average molecular weight is 276 g/mol. The Morgan fingerprint density at radius 2 is 2.15 bits per heavy atom. The molecule has 5 heteroatoms. The van der Waals surface area contributed by atoms with Gasteiger partial charge in [-0.05, 0) is 37.1 Å². The van der Waals surface area contributed by atoms with Crippen molar-refractivity contribution in [2.75, 3.05) is 26.3 Å². The van der Waals surface area contributed by atoms with E-state index in [1.807, 2.05) is 17.0 Å². The van der Waals surface area contributed by atoms with Crippen molar-refractivity contribution in [1.29, 1.82) is 0 Å². The first-order valence-corrected chi connectivity index (χ1v) is 7.06. The van der Waals surface area contributed by atoms with Crippen molar-refractivity contribution >= 4 is 5.91 Å². The molecule has 0 bridgehead atoms. The lowest BCUT2D eigenvalue weighted by atomic mass is 9.87. The molecule has 0 aliphatic carbocycles. The summed E-state index contributed by atoms with van der Waals surface area (Å²) < 4.78 is 5.49. The second kappa shape index (κ2) is 5.42. The minimum Gasteiger partial charge on any atom is -0.508 e. The number of nitrogens with zero attached hydrogens (tertiary/aromatic N) is 1. The Morgan fingerprint density at radius 1 is 1.35 bits per heavy atom. The Kier molecular flexibility index (Phi) is 3.63. The van der Waals surface area contributed by atoms with Gasteiger partial charge in [-0.3, -0.25) is 4.79 Å². The first-order chi connectivity index (χ1) is 9.70. The van der Waals surface area contributed by atoms with Crippen LogP contribution in [0.15, 0.2) is 24.3 Å². The molecule has 2 aliphatic rings. The van der Waals surface area contributed by atoms with E-state index in [1.54, 1.807) is 12.1 Å². The smallest absolute Gasteiger partial charge is 0.249 e. The number of piperidine rings is 1. The molecule has 5 nitrogen and oxygen atoms in total. The summed E-state index contributed by atoms with van der Waals surface area (Å²) in [5.41, 5.74) is 0.814. The van der Waals surface area contributed by atoms with E-state index in [2.05, 4.69) is 5.32 Å². The number of phenolic OH excluding ortho intramolecular Hbond substituents is 1. The van der Waals surface area contributed by atoms with Crippen molar-refractivity contribution in [1.82, 2.24) is 10.2 Å². The Hall–Kier alpha value is -1.59. The molecule has 2 aliphatic heterocycles. The summed E-state index contributed by atoms with van der Waals surface area (Å²) in [4.78, 5) is 14.2. The zero-order valence-electron chi connectivity index (χ0n) is 11.5. The van der Waals surface area contributed by atoms with Crippen molar-refractivity contribution in [3.63, 3.8) is 0 Å². The van der Waals surface area contributed by atoms with Gasteiger partial charge in [0.25, 0.3) is 0 Å². The van der Waals surface area contributed by atoms with Crippen LogP contribution in [0.3, 0.4) is 0 Å². The van der Waals surface area contributed by atoms with Crippen LogP contribution in [0.4, 0.5) is 0 Å². The average Bonchev–Trinajstić information content (AvgIpc) is 2.46. The monoisotopic (exact) mass is 276 g/mol. The third-order valence-electron chi connectivity index (χ3n) is 4.20. The van der Waals surface area contributed by atoms with Crippen LogP contribution in [0.1, 0.15) is 18.4 Å². The van der Waals surface area contributed by atoms with Crippen LogP contribution >= 0.6 is 0 Å². The van der Waals surface area contributed by atoms with E-state index in [0.717, 1.165) is 31.5 Å². The molecular formula is C15H20N2O3. The summed E-state index contributed by atoms with van der Waals surface area (Å²) in [5, 5.41) is 12.7. The van der Waals surface area contributed by atoms with Gasteiger partial charge in [-0.1, -0.05) is 12.1 Å². The number of benzene rings is 1. The topological polar surface area (TPSA) is 61.8 Å². The number of aromatic hydroxyl groups is 1. The Bertz CT molecular complexity index is 475. The van der Waals surface area contributed by atoms with E-state index >= 15 is 0 Å². The van der Waals surface area contributed by atoms with Gasteiger partial charge in [0.05, 0.1) is 12.1 Å². The van der Waals surface area contributed by atoms with E-state index in [4.69, 9.17) is 4.74 Å². The quantitative estimate of drug-likeness (QED) is 0.841. The third-order valence-corrected chi connectivity index (χ3v) is 4.20. The van der Waals surface area contributed by atoms with Gasteiger partial charge >= 0.3 is 0 Å². The van der Waals surface area contributed by atoms with Gasteiger partial charge in [-0.15, -0.1) is 0 Å². The highest BCUT2D eigenvalue weighted by Crippen LogP contribution is 2.29. The number of phenols is 1. The molecule has 0 saturated carbocycles. The maximum atomic E-state index is 12.3. The standard InChI is InChI=1S/C15H20N2O3/c18-13-4-2-12(3-5-13)8-17-14(19)9-20-11-15(17)6-1-7-16-10-15/h2-5,16,18H,1,6-11H2. The van der Waals surface area contributed by atoms with Crippen LogP contribution in [-0.4, -0.2) is 47.8 Å². The highest BCUT2D eigenvalue weighted by Gasteiger charge is 2.43. The summed E-state index contributed by atoms with van der Waals surface area (Å²) in [5.74, 6) is 0.295. The number of nitrogens with one attached hydrogen (secondary N) is 1. The molecule has 0 aromatic heterocycles. The fraction of sp³-hybridized carbons (Fsp3) is 0.533. The van der Waals surface area contributed by atoms with E-state index in [9.17, 15) is 9.90 Å². The van der Waals surface area contributed by atoms with Crippen molar-refractivity contribution < 1.29 is 14.6 Å². The Balaban J connectivity index is 1.82. The summed E-state index contributed by atoms with van der Waals surface area (Å²) in [7, 11) is 0. The van der Waals surface area contributed by atoms with Crippen molar-refractivity contribution in [2.24, 2.45) is 0 Å². The number of amides is 1. The fourth-order valence-electron chi connectivity index (χ4n) is 3.09. The molecular weight excluding hydrogens is 256 g/mol. The summed E-state index contributed by atoms with van der Waals surface area (Å²) in [6.07, 6.45) is 2.03. The highest BCUT2D eigenvalue weighted by molar-refractivity contribution is 5.79. The molecule has 1 unspecified atom stereocenters. The van der Waals surface area contributed by atoms with Gasteiger partial charge in [0.1, 0.15) is 12.4 Å². The molecule has 1 aromatic carbocycles. The largest absolute Gasteiger partial charge is 0.508 e. The van der Waals surface area contributed by atoms with E-state index in [0.29, 0.717) is 13.2 Å². The molecule has 1 amide bonds. The normalized spacial score (nSPS) is 27.0. The van der Waals surface area contributed by atoms with Crippen molar-refractivity contribution in [2.45, 2.75) is 24.9 Å². The maximum Gasteiger partial charge on any atom is 0.249 e. The van der Waals surface area contributed by atoms with Crippen LogP contribution in [0.5, 0.6) is 5.75 Å². The predicted molar refractivity (Wildman–Crippen MR) is 74.3 cm³/mol. The number of morpholine rings is 1. The van der Waals surface area contributed by atoms with Crippen LogP contribution in [0.2, 0.25) is 0 Å². The lowest BCUT2D eigenvalue weighted by Gasteiger charge is -2.49. The minimum atomic E-state index is -0.217.